The van der Waals surface area contributed by atoms with E-state index < -0.39 is 0 Å². The van der Waals surface area contributed by atoms with Crippen molar-refractivity contribution in [3.8, 4) is 0 Å². The molecule has 0 bridgehead atoms. The number of rotatable bonds is 6. The lowest BCUT2D eigenvalue weighted by molar-refractivity contribution is -0.122. The average Bonchev–Trinajstić information content (AvgIpc) is 3.53. The number of hydrogen-bond donors (Lipinski definition) is 2. The molecule has 2 aliphatic heterocycles. The number of carbonyl (C=O) groups excluding carboxylic acids is 2. The van der Waals surface area contributed by atoms with Crippen LogP contribution in [-0.4, -0.2) is 40.7 Å². The molecule has 1 aromatic heterocycles. The number of fused-ring (bicyclic) bond motifs is 1. The molecule has 8 heteroatoms. The van der Waals surface area contributed by atoms with E-state index in [0.29, 0.717) is 23.0 Å². The van der Waals surface area contributed by atoms with Gasteiger partial charge < -0.3 is 19.9 Å². The summed E-state index contributed by atoms with van der Waals surface area (Å²) in [4.78, 5) is 27.1. The Hall–Kier alpha value is -3.49. The van der Waals surface area contributed by atoms with E-state index in [4.69, 9.17) is 17.0 Å². The van der Waals surface area contributed by atoms with Crippen LogP contribution in [-0.2, 0) is 20.9 Å². The molecular weight excluding hydrogens is 436 g/mol. The molecule has 2 amide bonds. The molecule has 3 aromatic rings. The van der Waals surface area contributed by atoms with Gasteiger partial charge in [0, 0.05) is 35.8 Å². The van der Waals surface area contributed by atoms with Gasteiger partial charge in [0.25, 0.3) is 5.91 Å². The normalized spacial score (nSPS) is 19.5. The van der Waals surface area contributed by atoms with Gasteiger partial charge in [-0.3, -0.25) is 14.5 Å². The van der Waals surface area contributed by atoms with Gasteiger partial charge in [-0.25, -0.2) is 0 Å². The van der Waals surface area contributed by atoms with Gasteiger partial charge in [-0.15, -0.1) is 0 Å². The van der Waals surface area contributed by atoms with E-state index in [-0.39, 0.29) is 24.5 Å². The molecule has 2 aromatic carbocycles. The topological polar surface area (TPSA) is 75.6 Å². The van der Waals surface area contributed by atoms with Crippen molar-refractivity contribution < 1.29 is 14.3 Å². The van der Waals surface area contributed by atoms with E-state index in [9.17, 15) is 9.59 Å². The summed E-state index contributed by atoms with van der Waals surface area (Å²) in [6.07, 6.45) is 5.81. The predicted octanol–water partition coefficient (Wildman–Crippen LogP) is 3.20. The minimum absolute atomic E-state index is 0.0723. The SMILES string of the molecule is O=C(Cn1cc(C=C2NC(=S)N(c3ccccc3)C2=O)c2ccccc21)NCC1CCCO1. The van der Waals surface area contributed by atoms with Crippen LogP contribution in [0.25, 0.3) is 17.0 Å². The Morgan fingerprint density at radius 3 is 2.76 bits per heavy atom. The first-order chi connectivity index (χ1) is 16.1. The summed E-state index contributed by atoms with van der Waals surface area (Å²) in [5.41, 5.74) is 2.87. The molecule has 3 heterocycles. The minimum Gasteiger partial charge on any atom is -0.376 e. The summed E-state index contributed by atoms with van der Waals surface area (Å²) >= 11 is 5.41. The zero-order valence-corrected chi connectivity index (χ0v) is 18.8. The molecule has 33 heavy (non-hydrogen) atoms. The number of carbonyl (C=O) groups is 2. The second kappa shape index (κ2) is 9.17. The molecule has 5 rings (SSSR count). The number of aromatic nitrogens is 1. The van der Waals surface area contributed by atoms with Gasteiger partial charge in [-0.05, 0) is 49.3 Å². The number of nitrogens with one attached hydrogen (secondary N) is 2. The van der Waals surface area contributed by atoms with E-state index in [1.54, 1.807) is 6.08 Å². The van der Waals surface area contributed by atoms with Gasteiger partial charge in [-0.2, -0.15) is 0 Å². The van der Waals surface area contributed by atoms with E-state index in [2.05, 4.69) is 10.6 Å². The van der Waals surface area contributed by atoms with Gasteiger partial charge in [0.05, 0.1) is 11.8 Å². The number of nitrogens with zero attached hydrogens (tertiary/aromatic N) is 2. The highest BCUT2D eigenvalue weighted by Crippen LogP contribution is 2.26. The Bertz CT molecular complexity index is 1250. The van der Waals surface area contributed by atoms with Crippen LogP contribution in [0.1, 0.15) is 18.4 Å². The van der Waals surface area contributed by atoms with Crippen LogP contribution >= 0.6 is 12.2 Å². The summed E-state index contributed by atoms with van der Waals surface area (Å²) in [6, 6.07) is 17.1. The lowest BCUT2D eigenvalue weighted by Crippen LogP contribution is -2.34. The highest BCUT2D eigenvalue weighted by Gasteiger charge is 2.32. The van der Waals surface area contributed by atoms with Gasteiger partial charge in [0.15, 0.2) is 5.11 Å². The zero-order valence-electron chi connectivity index (χ0n) is 18.0. The van der Waals surface area contributed by atoms with Gasteiger partial charge >= 0.3 is 0 Å². The maximum atomic E-state index is 13.1. The highest BCUT2D eigenvalue weighted by atomic mass is 32.1. The number of anilines is 1. The zero-order chi connectivity index (χ0) is 22.8. The molecule has 2 fully saturated rings. The van der Waals surface area contributed by atoms with Crippen LogP contribution in [0.4, 0.5) is 5.69 Å². The lowest BCUT2D eigenvalue weighted by Gasteiger charge is -2.13. The third-order valence-electron chi connectivity index (χ3n) is 5.88. The molecule has 2 saturated heterocycles. The Morgan fingerprint density at radius 2 is 1.97 bits per heavy atom. The van der Waals surface area contributed by atoms with Crippen LogP contribution < -0.4 is 15.5 Å². The Morgan fingerprint density at radius 1 is 1.18 bits per heavy atom. The third-order valence-corrected chi connectivity index (χ3v) is 6.16. The number of ether oxygens (including phenoxy) is 1. The maximum absolute atomic E-state index is 13.1. The second-order valence-electron chi connectivity index (χ2n) is 8.13. The lowest BCUT2D eigenvalue weighted by atomic mass is 10.1. The van der Waals surface area contributed by atoms with Crippen LogP contribution in [0, 0.1) is 0 Å². The largest absolute Gasteiger partial charge is 0.376 e. The highest BCUT2D eigenvalue weighted by molar-refractivity contribution is 7.80. The minimum atomic E-state index is -0.211. The van der Waals surface area contributed by atoms with Crippen molar-refractivity contribution in [1.82, 2.24) is 15.2 Å². The summed E-state index contributed by atoms with van der Waals surface area (Å²) in [6.45, 7) is 1.48. The first-order valence-corrected chi connectivity index (χ1v) is 11.4. The quantitative estimate of drug-likeness (QED) is 0.437. The molecular formula is C25H24N4O3S. The van der Waals surface area contributed by atoms with Crippen LogP contribution in [0.3, 0.4) is 0 Å². The molecule has 2 N–H and O–H groups in total. The van der Waals surface area contributed by atoms with Gasteiger partial charge in [0.1, 0.15) is 12.2 Å². The Kier molecular flexibility index (Phi) is 5.93. The maximum Gasteiger partial charge on any atom is 0.281 e. The monoisotopic (exact) mass is 460 g/mol. The number of amides is 2. The molecule has 0 aliphatic carbocycles. The van der Waals surface area contributed by atoms with Crippen LogP contribution in [0.2, 0.25) is 0 Å². The molecule has 0 saturated carbocycles. The van der Waals surface area contributed by atoms with E-state index in [1.807, 2.05) is 65.4 Å². The van der Waals surface area contributed by atoms with Crippen molar-refractivity contribution in [1.29, 1.82) is 0 Å². The number of thiocarbonyl (C=S) groups is 1. The predicted molar refractivity (Wildman–Crippen MR) is 132 cm³/mol. The van der Waals surface area contributed by atoms with Gasteiger partial charge in [0.2, 0.25) is 5.91 Å². The molecule has 2 aliphatic rings. The summed E-state index contributed by atoms with van der Waals surface area (Å²) in [5, 5.41) is 7.30. The molecule has 168 valence electrons. The standard InChI is InChI=1S/C25H24N4O3S/c30-23(26-14-19-9-6-12-32-19)16-28-15-17(20-10-4-5-11-22(20)28)13-21-24(31)29(25(33)27-21)18-7-2-1-3-8-18/h1-5,7-8,10-11,13,15,19H,6,9,12,14,16H2,(H,26,30)(H,27,33). The average molecular weight is 461 g/mol. The van der Waals surface area contributed by atoms with Crippen molar-refractivity contribution in [2.75, 3.05) is 18.1 Å². The first-order valence-electron chi connectivity index (χ1n) is 11.0. The van der Waals surface area contributed by atoms with E-state index in [1.165, 1.54) is 4.90 Å². The van der Waals surface area contributed by atoms with Crippen molar-refractivity contribution in [3.63, 3.8) is 0 Å². The molecule has 1 atom stereocenters. The first kappa shape index (κ1) is 21.4. The molecule has 0 radical (unpaired) electrons. The van der Waals surface area contributed by atoms with Crippen molar-refractivity contribution in [3.05, 3.63) is 72.1 Å². The van der Waals surface area contributed by atoms with Crippen LogP contribution in [0.5, 0.6) is 0 Å². The molecule has 7 nitrogen and oxygen atoms in total. The fourth-order valence-corrected chi connectivity index (χ4v) is 4.57. The summed E-state index contributed by atoms with van der Waals surface area (Å²) in [5.74, 6) is -0.283. The number of hydrogen-bond acceptors (Lipinski definition) is 4. The number of para-hydroxylation sites is 2. The second-order valence-corrected chi connectivity index (χ2v) is 8.52. The van der Waals surface area contributed by atoms with E-state index >= 15 is 0 Å². The fourth-order valence-electron chi connectivity index (χ4n) is 4.27. The van der Waals surface area contributed by atoms with Crippen molar-refractivity contribution >= 4 is 51.8 Å². The fraction of sp³-hybridized carbons (Fsp3) is 0.240. The smallest absolute Gasteiger partial charge is 0.281 e. The third kappa shape index (κ3) is 4.40. The summed E-state index contributed by atoms with van der Waals surface area (Å²) in [7, 11) is 0. The van der Waals surface area contributed by atoms with Crippen molar-refractivity contribution in [2.24, 2.45) is 0 Å². The van der Waals surface area contributed by atoms with Gasteiger partial charge in [-0.1, -0.05) is 36.4 Å². The van der Waals surface area contributed by atoms with Crippen molar-refractivity contribution in [2.45, 2.75) is 25.5 Å². The Labute approximate surface area is 197 Å². The molecule has 1 unspecified atom stereocenters. The summed E-state index contributed by atoms with van der Waals surface area (Å²) < 4.78 is 7.48. The number of benzene rings is 2. The van der Waals surface area contributed by atoms with Crippen LogP contribution in [0.15, 0.2) is 66.5 Å². The Balaban J connectivity index is 1.39. The van der Waals surface area contributed by atoms with E-state index in [0.717, 1.165) is 35.9 Å². The molecule has 0 spiro atoms.